The second-order valence-corrected chi connectivity index (χ2v) is 4.41. The van der Waals surface area contributed by atoms with Crippen LogP contribution < -0.4 is 4.90 Å². The molecule has 1 aromatic heterocycles. The van der Waals surface area contributed by atoms with E-state index in [1.807, 2.05) is 6.07 Å². The lowest BCUT2D eigenvalue weighted by Crippen LogP contribution is -2.21. The maximum Gasteiger partial charge on any atom is 0.324 e. The zero-order chi connectivity index (χ0) is 13.8. The first-order chi connectivity index (χ1) is 9.06. The third-order valence-electron chi connectivity index (χ3n) is 2.49. The lowest BCUT2D eigenvalue weighted by molar-refractivity contribution is -0.136. The number of hydrogen-bond donors (Lipinski definition) is 1. The summed E-state index contributed by atoms with van der Waals surface area (Å²) in [6.45, 7) is 0.298. The molecular weight excluding hydrogens is 270 g/mol. The van der Waals surface area contributed by atoms with Crippen LogP contribution in [0.5, 0.6) is 0 Å². The number of aliphatic carboxylic acids is 1. The van der Waals surface area contributed by atoms with Gasteiger partial charge in [-0.2, -0.15) is 4.98 Å². The molecule has 0 radical (unpaired) electrons. The zero-order valence-corrected chi connectivity index (χ0v) is 11.0. The summed E-state index contributed by atoms with van der Waals surface area (Å²) >= 11 is 5.89. The van der Waals surface area contributed by atoms with Crippen LogP contribution in [-0.2, 0) is 4.79 Å². The van der Waals surface area contributed by atoms with E-state index >= 15 is 0 Å². The van der Waals surface area contributed by atoms with Gasteiger partial charge in [0.2, 0.25) is 5.82 Å². The van der Waals surface area contributed by atoms with Crippen LogP contribution in [0.4, 0.5) is 6.01 Å². The molecule has 0 aliphatic carbocycles. The maximum absolute atomic E-state index is 10.5. The number of hydrogen-bond acceptors (Lipinski definition) is 5. The lowest BCUT2D eigenvalue weighted by Gasteiger charge is -2.10. The van der Waals surface area contributed by atoms with Gasteiger partial charge in [-0.3, -0.25) is 4.79 Å². The Kier molecular flexibility index (Phi) is 4.01. The van der Waals surface area contributed by atoms with Crippen LogP contribution in [-0.4, -0.2) is 34.8 Å². The molecule has 0 bridgehead atoms. The summed E-state index contributed by atoms with van der Waals surface area (Å²) in [5.41, 5.74) is 0.745. The predicted molar refractivity (Wildman–Crippen MR) is 70.3 cm³/mol. The first-order valence-electron chi connectivity index (χ1n) is 5.59. The molecule has 19 heavy (non-hydrogen) atoms. The highest BCUT2D eigenvalue weighted by Gasteiger charge is 2.13. The summed E-state index contributed by atoms with van der Waals surface area (Å²) in [4.78, 5) is 16.3. The Balaban J connectivity index is 2.12. The summed E-state index contributed by atoms with van der Waals surface area (Å²) in [5, 5.41) is 13.0. The van der Waals surface area contributed by atoms with Crippen molar-refractivity contribution < 1.29 is 14.4 Å². The summed E-state index contributed by atoms with van der Waals surface area (Å²) in [5.74, 6) is -0.457. The van der Waals surface area contributed by atoms with Gasteiger partial charge in [0.05, 0.1) is 6.42 Å². The van der Waals surface area contributed by atoms with Crippen LogP contribution in [0.1, 0.15) is 6.42 Å². The average Bonchev–Trinajstić information content (AvgIpc) is 2.85. The van der Waals surface area contributed by atoms with Gasteiger partial charge in [-0.25, -0.2) is 0 Å². The fourth-order valence-electron chi connectivity index (χ4n) is 1.47. The quantitative estimate of drug-likeness (QED) is 0.906. The van der Waals surface area contributed by atoms with Crippen LogP contribution in [0.15, 0.2) is 28.8 Å². The van der Waals surface area contributed by atoms with Crippen molar-refractivity contribution in [3.05, 3.63) is 29.3 Å². The van der Waals surface area contributed by atoms with E-state index in [9.17, 15) is 4.79 Å². The van der Waals surface area contributed by atoms with E-state index in [0.29, 0.717) is 17.4 Å². The fourth-order valence-corrected chi connectivity index (χ4v) is 1.66. The fraction of sp³-hybridized carbons (Fsp3) is 0.250. The van der Waals surface area contributed by atoms with E-state index in [-0.39, 0.29) is 12.4 Å². The topological polar surface area (TPSA) is 79.5 Å². The van der Waals surface area contributed by atoms with Crippen LogP contribution >= 0.6 is 11.6 Å². The van der Waals surface area contributed by atoms with Crippen LogP contribution in [0.25, 0.3) is 11.4 Å². The predicted octanol–water partition coefficient (Wildman–Crippen LogP) is 2.30. The number of carboxylic acid groups (broad SMARTS) is 1. The Morgan fingerprint density at radius 3 is 3.00 bits per heavy atom. The van der Waals surface area contributed by atoms with Crippen LogP contribution in [0, 0.1) is 0 Å². The molecule has 0 amide bonds. The third-order valence-corrected chi connectivity index (χ3v) is 2.72. The molecule has 0 aliphatic heterocycles. The van der Waals surface area contributed by atoms with Crippen molar-refractivity contribution in [2.75, 3.05) is 18.5 Å². The van der Waals surface area contributed by atoms with Crippen molar-refractivity contribution in [1.82, 2.24) is 10.1 Å². The zero-order valence-electron chi connectivity index (χ0n) is 10.2. The molecule has 0 atom stereocenters. The summed E-state index contributed by atoms with van der Waals surface area (Å²) in [7, 11) is 1.69. The number of aromatic nitrogens is 2. The van der Waals surface area contributed by atoms with Gasteiger partial charge in [-0.1, -0.05) is 28.9 Å². The largest absolute Gasteiger partial charge is 0.481 e. The van der Waals surface area contributed by atoms with Gasteiger partial charge in [0.15, 0.2) is 0 Å². The number of benzene rings is 1. The molecule has 1 N–H and O–H groups in total. The number of anilines is 1. The molecule has 0 fully saturated rings. The molecule has 1 aromatic carbocycles. The minimum atomic E-state index is -0.874. The van der Waals surface area contributed by atoms with Crippen molar-refractivity contribution in [3.8, 4) is 11.4 Å². The normalized spacial score (nSPS) is 10.4. The number of halogens is 1. The maximum atomic E-state index is 10.5. The van der Waals surface area contributed by atoms with E-state index in [2.05, 4.69) is 10.1 Å². The SMILES string of the molecule is CN(CCC(=O)O)c1nc(-c2cccc(Cl)c2)no1. The molecule has 0 saturated heterocycles. The van der Waals surface area contributed by atoms with E-state index in [0.717, 1.165) is 5.56 Å². The smallest absolute Gasteiger partial charge is 0.324 e. The number of carboxylic acids is 1. The van der Waals surface area contributed by atoms with Crippen LogP contribution in [0.3, 0.4) is 0 Å². The molecule has 7 heteroatoms. The highest BCUT2D eigenvalue weighted by molar-refractivity contribution is 6.30. The van der Waals surface area contributed by atoms with E-state index in [4.69, 9.17) is 21.2 Å². The van der Waals surface area contributed by atoms with E-state index in [1.165, 1.54) is 0 Å². The minimum absolute atomic E-state index is 0.00534. The van der Waals surface area contributed by atoms with Gasteiger partial charge < -0.3 is 14.5 Å². The molecule has 0 spiro atoms. The molecule has 0 unspecified atom stereocenters. The van der Waals surface area contributed by atoms with Gasteiger partial charge >= 0.3 is 12.0 Å². The highest BCUT2D eigenvalue weighted by atomic mass is 35.5. The molecule has 0 aliphatic rings. The number of carbonyl (C=O) groups is 1. The second-order valence-electron chi connectivity index (χ2n) is 3.98. The Morgan fingerprint density at radius 1 is 1.53 bits per heavy atom. The molecule has 6 nitrogen and oxygen atoms in total. The third kappa shape index (κ3) is 3.45. The van der Waals surface area contributed by atoms with Gasteiger partial charge in [0, 0.05) is 24.2 Å². The summed E-state index contributed by atoms with van der Waals surface area (Å²) in [6, 6.07) is 7.37. The number of nitrogens with zero attached hydrogens (tertiary/aromatic N) is 3. The van der Waals surface area contributed by atoms with Gasteiger partial charge in [0.1, 0.15) is 0 Å². The first kappa shape index (κ1) is 13.4. The monoisotopic (exact) mass is 281 g/mol. The molecule has 1 heterocycles. The Bertz CT molecular complexity index is 585. The van der Waals surface area contributed by atoms with E-state index < -0.39 is 5.97 Å². The van der Waals surface area contributed by atoms with Gasteiger partial charge in [0.25, 0.3) is 0 Å². The Labute approximate surface area is 114 Å². The molecule has 2 rings (SSSR count). The molecule has 0 saturated carbocycles. The van der Waals surface area contributed by atoms with Crippen molar-refractivity contribution >= 4 is 23.6 Å². The Hall–Kier alpha value is -2.08. The summed E-state index contributed by atoms with van der Waals surface area (Å²) < 4.78 is 5.08. The van der Waals surface area contributed by atoms with Crippen LogP contribution in [0.2, 0.25) is 5.02 Å². The summed E-state index contributed by atoms with van der Waals surface area (Å²) in [6.07, 6.45) is 0.00534. The molecule has 2 aromatic rings. The lowest BCUT2D eigenvalue weighted by atomic mass is 10.2. The van der Waals surface area contributed by atoms with Crippen molar-refractivity contribution in [1.29, 1.82) is 0 Å². The van der Waals surface area contributed by atoms with Crippen molar-refractivity contribution in [2.45, 2.75) is 6.42 Å². The second kappa shape index (κ2) is 5.71. The van der Waals surface area contributed by atoms with Gasteiger partial charge in [-0.05, 0) is 12.1 Å². The highest BCUT2D eigenvalue weighted by Crippen LogP contribution is 2.22. The first-order valence-corrected chi connectivity index (χ1v) is 5.96. The van der Waals surface area contributed by atoms with Gasteiger partial charge in [-0.15, -0.1) is 0 Å². The Morgan fingerprint density at radius 2 is 2.32 bits per heavy atom. The minimum Gasteiger partial charge on any atom is -0.481 e. The van der Waals surface area contributed by atoms with Crippen molar-refractivity contribution in [3.63, 3.8) is 0 Å². The molecular formula is C12H12ClN3O3. The number of rotatable bonds is 5. The average molecular weight is 282 g/mol. The standard InChI is InChI=1S/C12H12ClN3O3/c1-16(6-5-10(17)18)12-14-11(15-19-12)8-3-2-4-9(13)7-8/h2-4,7H,5-6H2,1H3,(H,17,18). The van der Waals surface area contributed by atoms with E-state index in [1.54, 1.807) is 30.1 Å². The molecule has 100 valence electrons. The van der Waals surface area contributed by atoms with Crippen molar-refractivity contribution in [2.24, 2.45) is 0 Å².